The molecule has 1 N–H and O–H groups in total. The number of hydrogen-bond donors (Lipinski definition) is 1. The summed E-state index contributed by atoms with van der Waals surface area (Å²) in [5.41, 5.74) is 0. The number of carboxylic acids is 1. The number of aliphatic carboxylic acids is 1. The Hall–Kier alpha value is -1.56. The molecule has 0 aliphatic carbocycles. The minimum absolute atomic E-state index is 0.00668. The molecular formula is C14H16FNO3S. The van der Waals surface area contributed by atoms with Crippen molar-refractivity contribution in [2.24, 2.45) is 5.92 Å². The van der Waals surface area contributed by atoms with Gasteiger partial charge in [0.25, 0.3) is 0 Å². The van der Waals surface area contributed by atoms with E-state index in [-0.39, 0.29) is 24.1 Å². The Bertz CT molecular complexity index is 492. The van der Waals surface area contributed by atoms with E-state index in [0.29, 0.717) is 18.8 Å². The van der Waals surface area contributed by atoms with E-state index in [0.717, 1.165) is 11.3 Å². The summed E-state index contributed by atoms with van der Waals surface area (Å²) in [6.45, 7) is 1.15. The second kappa shape index (κ2) is 6.74. The van der Waals surface area contributed by atoms with E-state index in [1.165, 1.54) is 23.9 Å². The second-order valence-electron chi connectivity index (χ2n) is 4.83. The second-order valence-corrected chi connectivity index (χ2v) is 5.88. The van der Waals surface area contributed by atoms with Crippen molar-refractivity contribution < 1.29 is 19.1 Å². The summed E-state index contributed by atoms with van der Waals surface area (Å²) in [5.74, 6) is -0.744. The zero-order chi connectivity index (χ0) is 14.5. The van der Waals surface area contributed by atoms with Crippen molar-refractivity contribution >= 4 is 23.6 Å². The fraction of sp³-hybridized carbons (Fsp3) is 0.429. The first-order chi connectivity index (χ1) is 9.54. The van der Waals surface area contributed by atoms with Gasteiger partial charge in [0.05, 0.1) is 5.75 Å². The third kappa shape index (κ3) is 4.23. The number of carboxylic acid groups (broad SMARTS) is 1. The highest BCUT2D eigenvalue weighted by Gasteiger charge is 2.27. The quantitative estimate of drug-likeness (QED) is 0.847. The number of carbonyl (C=O) groups is 2. The molecule has 1 aromatic carbocycles. The van der Waals surface area contributed by atoms with Crippen molar-refractivity contribution in [3.05, 3.63) is 30.1 Å². The van der Waals surface area contributed by atoms with Crippen LogP contribution in [0, 0.1) is 11.7 Å². The third-order valence-corrected chi connectivity index (χ3v) is 4.27. The SMILES string of the molecule is O=C(O)CC1CCN(C(=O)CSc2ccc(F)cc2)C1. The molecule has 1 fully saturated rings. The smallest absolute Gasteiger partial charge is 0.303 e. The van der Waals surface area contributed by atoms with E-state index in [2.05, 4.69) is 0 Å². The van der Waals surface area contributed by atoms with Crippen molar-refractivity contribution in [1.29, 1.82) is 0 Å². The molecule has 0 radical (unpaired) electrons. The maximum atomic E-state index is 12.7. The van der Waals surface area contributed by atoms with Gasteiger partial charge in [0.15, 0.2) is 0 Å². The monoisotopic (exact) mass is 297 g/mol. The summed E-state index contributed by atoms with van der Waals surface area (Å²) >= 11 is 1.37. The first-order valence-electron chi connectivity index (χ1n) is 6.42. The normalized spacial score (nSPS) is 18.2. The fourth-order valence-corrected chi connectivity index (χ4v) is 3.04. The molecule has 0 bridgehead atoms. The zero-order valence-electron chi connectivity index (χ0n) is 10.9. The Labute approximate surface area is 121 Å². The highest BCUT2D eigenvalue weighted by atomic mass is 32.2. The largest absolute Gasteiger partial charge is 0.481 e. The molecule has 6 heteroatoms. The van der Waals surface area contributed by atoms with Crippen molar-refractivity contribution in [2.45, 2.75) is 17.7 Å². The first-order valence-corrected chi connectivity index (χ1v) is 7.41. The third-order valence-electron chi connectivity index (χ3n) is 3.28. The minimum atomic E-state index is -0.815. The molecule has 20 heavy (non-hydrogen) atoms. The lowest BCUT2D eigenvalue weighted by Gasteiger charge is -2.15. The zero-order valence-corrected chi connectivity index (χ0v) is 11.7. The average molecular weight is 297 g/mol. The molecule has 2 rings (SSSR count). The van der Waals surface area contributed by atoms with Crippen LogP contribution >= 0.6 is 11.8 Å². The van der Waals surface area contributed by atoms with Gasteiger partial charge in [0, 0.05) is 24.4 Å². The number of nitrogens with zero attached hydrogens (tertiary/aromatic N) is 1. The van der Waals surface area contributed by atoms with E-state index in [4.69, 9.17) is 5.11 Å². The van der Waals surface area contributed by atoms with E-state index < -0.39 is 5.97 Å². The van der Waals surface area contributed by atoms with Gasteiger partial charge in [-0.1, -0.05) is 0 Å². The molecule has 1 amide bonds. The van der Waals surface area contributed by atoms with E-state index in [1.807, 2.05) is 0 Å². The number of hydrogen-bond acceptors (Lipinski definition) is 3. The Balaban J connectivity index is 1.78. The number of likely N-dealkylation sites (tertiary alicyclic amines) is 1. The Morgan fingerprint density at radius 1 is 1.35 bits per heavy atom. The number of benzene rings is 1. The van der Waals surface area contributed by atoms with Crippen molar-refractivity contribution in [2.75, 3.05) is 18.8 Å². The molecule has 108 valence electrons. The van der Waals surface area contributed by atoms with Gasteiger partial charge in [-0.05, 0) is 36.6 Å². The lowest BCUT2D eigenvalue weighted by Crippen LogP contribution is -2.30. The number of halogens is 1. The first kappa shape index (κ1) is 14.8. The van der Waals surface area contributed by atoms with Crippen LogP contribution in [0.4, 0.5) is 4.39 Å². The van der Waals surface area contributed by atoms with Gasteiger partial charge < -0.3 is 10.0 Å². The minimum Gasteiger partial charge on any atom is -0.481 e. The molecule has 0 spiro atoms. The summed E-state index contributed by atoms with van der Waals surface area (Å²) in [6.07, 6.45) is 0.869. The number of rotatable bonds is 5. The van der Waals surface area contributed by atoms with Crippen molar-refractivity contribution in [3.8, 4) is 0 Å². The van der Waals surface area contributed by atoms with Crippen LogP contribution in [0.2, 0.25) is 0 Å². The van der Waals surface area contributed by atoms with Gasteiger partial charge in [-0.25, -0.2) is 4.39 Å². The van der Waals surface area contributed by atoms with Crippen LogP contribution in [0.25, 0.3) is 0 Å². The van der Waals surface area contributed by atoms with Crippen LogP contribution in [0.1, 0.15) is 12.8 Å². The summed E-state index contributed by atoms with van der Waals surface area (Å²) in [6, 6.07) is 6.02. The van der Waals surface area contributed by atoms with E-state index in [1.54, 1.807) is 17.0 Å². The summed E-state index contributed by atoms with van der Waals surface area (Å²) < 4.78 is 12.7. The molecule has 1 saturated heterocycles. The summed E-state index contributed by atoms with van der Waals surface area (Å²) in [5, 5.41) is 8.74. The molecule has 1 heterocycles. The van der Waals surface area contributed by atoms with Crippen LogP contribution in [-0.2, 0) is 9.59 Å². The van der Waals surface area contributed by atoms with Crippen molar-refractivity contribution in [3.63, 3.8) is 0 Å². The molecule has 1 atom stereocenters. The number of amides is 1. The standard InChI is InChI=1S/C14H16FNO3S/c15-11-1-3-12(4-2-11)20-9-13(17)16-6-5-10(8-16)7-14(18)19/h1-4,10H,5-9H2,(H,18,19). The van der Waals surface area contributed by atoms with Crippen molar-refractivity contribution in [1.82, 2.24) is 4.90 Å². The highest BCUT2D eigenvalue weighted by molar-refractivity contribution is 8.00. The number of thioether (sulfide) groups is 1. The topological polar surface area (TPSA) is 57.6 Å². The van der Waals surface area contributed by atoms with Gasteiger partial charge in [-0.3, -0.25) is 9.59 Å². The molecule has 0 saturated carbocycles. The summed E-state index contributed by atoms with van der Waals surface area (Å²) in [7, 11) is 0. The molecule has 4 nitrogen and oxygen atoms in total. The maximum absolute atomic E-state index is 12.7. The van der Waals surface area contributed by atoms with Crippen LogP contribution in [0.3, 0.4) is 0 Å². The molecule has 1 aliphatic rings. The fourth-order valence-electron chi connectivity index (χ4n) is 2.24. The van der Waals surface area contributed by atoms with E-state index >= 15 is 0 Å². The molecule has 1 aliphatic heterocycles. The van der Waals surface area contributed by atoms with Gasteiger partial charge in [0.2, 0.25) is 5.91 Å². The Kier molecular flexibility index (Phi) is 5.00. The molecule has 1 aromatic rings. The molecule has 0 aromatic heterocycles. The van der Waals surface area contributed by atoms with Crippen LogP contribution in [0.15, 0.2) is 29.2 Å². The average Bonchev–Trinajstić information content (AvgIpc) is 2.85. The summed E-state index contributed by atoms with van der Waals surface area (Å²) in [4.78, 5) is 25.2. The lowest BCUT2D eigenvalue weighted by atomic mass is 10.1. The Morgan fingerprint density at radius 3 is 2.70 bits per heavy atom. The molecule has 1 unspecified atom stereocenters. The molecular weight excluding hydrogens is 281 g/mol. The lowest BCUT2D eigenvalue weighted by molar-refractivity contribution is -0.138. The van der Waals surface area contributed by atoms with E-state index in [9.17, 15) is 14.0 Å². The van der Waals surface area contributed by atoms with Gasteiger partial charge in [-0.15, -0.1) is 11.8 Å². The van der Waals surface area contributed by atoms with Gasteiger partial charge >= 0.3 is 5.97 Å². The van der Waals surface area contributed by atoms with Crippen LogP contribution < -0.4 is 0 Å². The number of carbonyl (C=O) groups excluding carboxylic acids is 1. The predicted molar refractivity (Wildman–Crippen MR) is 74.1 cm³/mol. The van der Waals surface area contributed by atoms with Crippen LogP contribution in [-0.4, -0.2) is 40.7 Å². The van der Waals surface area contributed by atoms with Gasteiger partial charge in [0.1, 0.15) is 5.82 Å². The predicted octanol–water partition coefficient (Wildman–Crippen LogP) is 2.24. The van der Waals surface area contributed by atoms with Crippen LogP contribution in [0.5, 0.6) is 0 Å². The Morgan fingerprint density at radius 2 is 2.05 bits per heavy atom. The maximum Gasteiger partial charge on any atom is 0.303 e. The highest BCUT2D eigenvalue weighted by Crippen LogP contribution is 2.23. The van der Waals surface area contributed by atoms with Gasteiger partial charge in [-0.2, -0.15) is 0 Å².